The summed E-state index contributed by atoms with van der Waals surface area (Å²) in [5, 5.41) is 0. The lowest BCUT2D eigenvalue weighted by Gasteiger charge is -2.11. The van der Waals surface area contributed by atoms with E-state index in [-0.39, 0.29) is 0 Å². The van der Waals surface area contributed by atoms with Crippen LogP contribution in [0.1, 0.15) is 12.6 Å². The largest absolute Gasteiger partial charge is 0.253 e. The second-order valence-electron chi connectivity index (χ2n) is 3.29. The molecule has 0 saturated carbocycles. The van der Waals surface area contributed by atoms with Crippen LogP contribution in [0.4, 0.5) is 0 Å². The van der Waals surface area contributed by atoms with E-state index in [0.29, 0.717) is 0 Å². The first-order chi connectivity index (χ1) is 5.54. The van der Waals surface area contributed by atoms with E-state index < -0.39 is 6.55 Å². The number of nitrogens with zero attached hydrogens (tertiary/aromatic N) is 1. The quantitative estimate of drug-likeness (QED) is 0.667. The van der Waals surface area contributed by atoms with Crippen molar-refractivity contribution in [1.29, 1.82) is 0 Å². The maximum atomic E-state index is 4.56. The average molecular weight is 199 g/mol. The highest BCUT2D eigenvalue weighted by Crippen LogP contribution is 2.40. The predicted octanol–water partition coefficient (Wildman–Crippen LogP) is 2.60. The van der Waals surface area contributed by atoms with E-state index >= 15 is 0 Å². The predicted molar refractivity (Wildman–Crippen MR) is 60.3 cm³/mol. The second-order valence-corrected chi connectivity index (χ2v) is 10.0. The van der Waals surface area contributed by atoms with E-state index in [4.69, 9.17) is 0 Å². The molecule has 0 aliphatic heterocycles. The smallest absolute Gasteiger partial charge is 0.0662 e. The molecule has 0 bridgehead atoms. The van der Waals surface area contributed by atoms with Gasteiger partial charge in [0.1, 0.15) is 0 Å². The summed E-state index contributed by atoms with van der Waals surface area (Å²) in [5.41, 5.74) is 2.39. The second kappa shape index (κ2) is 3.73. The first kappa shape index (κ1) is 9.96. The molecular formula is C9H15NP2. The summed E-state index contributed by atoms with van der Waals surface area (Å²) in [6, 6.07) is 6.26. The molecule has 1 nitrogen and oxygen atoms in total. The summed E-state index contributed by atoms with van der Waals surface area (Å²) in [7, 11) is 3.75. The summed E-state index contributed by atoms with van der Waals surface area (Å²) in [6.07, 6.45) is 1.01. The van der Waals surface area contributed by atoms with Crippen LogP contribution in [0.25, 0.3) is 0 Å². The Kier molecular flexibility index (Phi) is 3.09. The van der Waals surface area contributed by atoms with Crippen molar-refractivity contribution in [3.63, 3.8) is 0 Å². The number of rotatable bonds is 2. The minimum atomic E-state index is -1.11. The van der Waals surface area contributed by atoms with Gasteiger partial charge in [0, 0.05) is 5.69 Å². The van der Waals surface area contributed by atoms with Crippen LogP contribution in [-0.2, 0) is 6.42 Å². The Morgan fingerprint density at radius 2 is 2.08 bits per heavy atom. The number of hydrogen-bond acceptors (Lipinski definition) is 1. The zero-order valence-electron chi connectivity index (χ0n) is 7.83. The Morgan fingerprint density at radius 1 is 1.42 bits per heavy atom. The number of aromatic nitrogens is 1. The molecule has 3 heteroatoms. The SMILES string of the molecule is CCc1cccc(P(C)(C)=P)n1. The lowest BCUT2D eigenvalue weighted by molar-refractivity contribution is 1.05. The Morgan fingerprint density at radius 3 is 2.58 bits per heavy atom. The van der Waals surface area contributed by atoms with Crippen LogP contribution in [0.2, 0.25) is 0 Å². The maximum Gasteiger partial charge on any atom is 0.0662 e. The molecule has 12 heavy (non-hydrogen) atoms. The maximum absolute atomic E-state index is 4.56. The zero-order valence-corrected chi connectivity index (χ0v) is 9.73. The number of aryl methyl sites for hydroxylation is 1. The molecular weight excluding hydrogens is 184 g/mol. The van der Waals surface area contributed by atoms with Gasteiger partial charge in [-0.1, -0.05) is 13.0 Å². The summed E-state index contributed by atoms with van der Waals surface area (Å²) >= 11 is 0. The normalized spacial score (nSPS) is 11.6. The van der Waals surface area contributed by atoms with Gasteiger partial charge < -0.3 is 0 Å². The topological polar surface area (TPSA) is 12.9 Å². The van der Waals surface area contributed by atoms with Gasteiger partial charge in [0.2, 0.25) is 0 Å². The molecule has 0 amide bonds. The molecule has 1 aromatic rings. The highest BCUT2D eigenvalue weighted by atomic mass is 31.8. The lowest BCUT2D eigenvalue weighted by Crippen LogP contribution is -2.08. The molecule has 0 saturated heterocycles. The Labute approximate surface area is 76.6 Å². The third-order valence-corrected chi connectivity index (χ3v) is 3.81. The van der Waals surface area contributed by atoms with Gasteiger partial charge in [-0.3, -0.25) is 4.98 Å². The fourth-order valence-electron chi connectivity index (χ4n) is 0.975. The van der Waals surface area contributed by atoms with Crippen molar-refractivity contribution in [2.45, 2.75) is 13.3 Å². The summed E-state index contributed by atoms with van der Waals surface area (Å²) in [6.45, 7) is 5.44. The summed E-state index contributed by atoms with van der Waals surface area (Å²) < 4.78 is 0. The molecule has 1 rings (SSSR count). The minimum Gasteiger partial charge on any atom is -0.253 e. The molecule has 1 heterocycles. The van der Waals surface area contributed by atoms with Crippen molar-refractivity contribution >= 4 is 20.5 Å². The number of hydrogen-bond donors (Lipinski definition) is 0. The molecule has 0 spiro atoms. The summed E-state index contributed by atoms with van der Waals surface area (Å²) in [5.74, 6) is 0. The number of pyridine rings is 1. The third kappa shape index (κ3) is 2.44. The molecule has 0 aromatic carbocycles. The van der Waals surface area contributed by atoms with E-state index in [1.54, 1.807) is 0 Å². The Balaban J connectivity index is 3.11. The van der Waals surface area contributed by atoms with Gasteiger partial charge in [-0.05, 0) is 38.4 Å². The van der Waals surface area contributed by atoms with Gasteiger partial charge in [0.05, 0.1) is 5.44 Å². The van der Waals surface area contributed by atoms with E-state index in [9.17, 15) is 0 Å². The minimum absolute atomic E-state index is 1.01. The zero-order chi connectivity index (χ0) is 9.19. The van der Waals surface area contributed by atoms with Gasteiger partial charge in [-0.2, -0.15) is 0 Å². The molecule has 0 aliphatic rings. The Hall–Kier alpha value is -0.120. The van der Waals surface area contributed by atoms with Crippen LogP contribution in [0.5, 0.6) is 0 Å². The van der Waals surface area contributed by atoms with Crippen LogP contribution in [0.15, 0.2) is 18.2 Å². The van der Waals surface area contributed by atoms with Crippen molar-refractivity contribution in [3.05, 3.63) is 23.9 Å². The van der Waals surface area contributed by atoms with Crippen LogP contribution < -0.4 is 5.44 Å². The third-order valence-electron chi connectivity index (χ3n) is 1.73. The van der Waals surface area contributed by atoms with Crippen LogP contribution in [0, 0.1) is 0 Å². The van der Waals surface area contributed by atoms with Gasteiger partial charge in [-0.15, -0.1) is 8.53 Å². The van der Waals surface area contributed by atoms with Crippen molar-refractivity contribution in [2.75, 3.05) is 13.3 Å². The van der Waals surface area contributed by atoms with E-state index in [0.717, 1.165) is 6.42 Å². The van der Waals surface area contributed by atoms with Crippen molar-refractivity contribution in [3.8, 4) is 0 Å². The van der Waals surface area contributed by atoms with E-state index in [1.807, 2.05) is 0 Å². The van der Waals surface area contributed by atoms with Crippen LogP contribution in [0.3, 0.4) is 0 Å². The standard InChI is InChI=1S/C9H15NP2/c1-4-8-6-5-7-9(10-8)12(2,3)11/h5-7,11H,4H2,1-3H3. The molecule has 0 atom stereocenters. The highest BCUT2D eigenvalue weighted by Gasteiger charge is 2.05. The van der Waals surface area contributed by atoms with Gasteiger partial charge >= 0.3 is 0 Å². The van der Waals surface area contributed by atoms with Crippen LogP contribution in [-0.4, -0.2) is 18.3 Å². The first-order valence-electron chi connectivity index (χ1n) is 4.09. The van der Waals surface area contributed by atoms with Crippen molar-refractivity contribution in [1.82, 2.24) is 4.98 Å². The van der Waals surface area contributed by atoms with Gasteiger partial charge in [0.25, 0.3) is 0 Å². The molecule has 66 valence electrons. The summed E-state index contributed by atoms with van der Waals surface area (Å²) in [4.78, 5) is 4.56. The first-order valence-corrected chi connectivity index (χ1v) is 8.12. The Bertz CT molecular complexity index is 314. The lowest BCUT2D eigenvalue weighted by atomic mass is 10.3. The van der Waals surface area contributed by atoms with Crippen molar-refractivity contribution in [2.24, 2.45) is 0 Å². The highest BCUT2D eigenvalue weighted by molar-refractivity contribution is 8.02. The molecule has 1 aromatic heterocycles. The monoisotopic (exact) mass is 199 g/mol. The van der Waals surface area contributed by atoms with Gasteiger partial charge in [-0.25, -0.2) is 0 Å². The van der Waals surface area contributed by atoms with Crippen molar-refractivity contribution < 1.29 is 0 Å². The molecule has 0 fully saturated rings. The van der Waals surface area contributed by atoms with Gasteiger partial charge in [0.15, 0.2) is 0 Å². The molecule has 0 aliphatic carbocycles. The van der Waals surface area contributed by atoms with Crippen LogP contribution >= 0.6 is 15.1 Å². The fourth-order valence-corrected chi connectivity index (χ4v) is 2.19. The van der Waals surface area contributed by atoms with E-state index in [2.05, 4.69) is 52.0 Å². The van der Waals surface area contributed by atoms with E-state index in [1.165, 1.54) is 11.1 Å². The molecule has 0 N–H and O–H groups in total. The molecule has 0 unspecified atom stereocenters. The fraction of sp³-hybridized carbons (Fsp3) is 0.444. The molecule has 0 radical (unpaired) electrons. The average Bonchev–Trinajstić information content (AvgIpc) is 2.03.